The van der Waals surface area contributed by atoms with Crippen LogP contribution in [-0.2, 0) is 0 Å². The van der Waals surface area contributed by atoms with Crippen molar-refractivity contribution in [2.45, 2.75) is 33.2 Å². The average Bonchev–Trinajstić information content (AvgIpc) is 2.54. The minimum atomic E-state index is -1.60. The number of anilines is 2. The standard InChI is InChI=1S/C16H17F3N4O/c1-4-8(2)20-15(24)12-7-9(3)21-16(23-12)22-11-6-5-10(17)13(18)14(11)19/h5-8H,4H2,1-3H3,(H,20,24)(H,21,22,23). The molecule has 1 heterocycles. The van der Waals surface area contributed by atoms with Gasteiger partial charge in [-0.2, -0.15) is 0 Å². The normalized spacial score (nSPS) is 11.9. The fourth-order valence-corrected chi connectivity index (χ4v) is 1.88. The summed E-state index contributed by atoms with van der Waals surface area (Å²) in [5.74, 6) is -4.76. The lowest BCUT2D eigenvalue weighted by Gasteiger charge is -2.12. The van der Waals surface area contributed by atoms with Crippen LogP contribution in [0.25, 0.3) is 0 Å². The zero-order chi connectivity index (χ0) is 17.9. The fraction of sp³-hybridized carbons (Fsp3) is 0.312. The van der Waals surface area contributed by atoms with E-state index >= 15 is 0 Å². The number of benzene rings is 1. The van der Waals surface area contributed by atoms with Crippen LogP contribution in [0.3, 0.4) is 0 Å². The van der Waals surface area contributed by atoms with Crippen molar-refractivity contribution >= 4 is 17.5 Å². The minimum Gasteiger partial charge on any atom is -0.348 e. The molecule has 0 spiro atoms. The van der Waals surface area contributed by atoms with Crippen molar-refractivity contribution in [3.63, 3.8) is 0 Å². The van der Waals surface area contributed by atoms with Gasteiger partial charge in [0, 0.05) is 11.7 Å². The summed E-state index contributed by atoms with van der Waals surface area (Å²) in [6.07, 6.45) is 0.751. The molecule has 1 aromatic heterocycles. The first-order chi connectivity index (χ1) is 11.3. The molecule has 0 aliphatic heterocycles. The van der Waals surface area contributed by atoms with Crippen LogP contribution in [0.5, 0.6) is 0 Å². The quantitative estimate of drug-likeness (QED) is 0.819. The highest BCUT2D eigenvalue weighted by Crippen LogP contribution is 2.22. The van der Waals surface area contributed by atoms with Crippen molar-refractivity contribution in [1.82, 2.24) is 15.3 Å². The predicted molar refractivity (Wildman–Crippen MR) is 83.6 cm³/mol. The Labute approximate surface area is 137 Å². The molecule has 2 N–H and O–H groups in total. The van der Waals surface area contributed by atoms with Crippen LogP contribution >= 0.6 is 0 Å². The van der Waals surface area contributed by atoms with Crippen LogP contribution in [0.15, 0.2) is 18.2 Å². The van der Waals surface area contributed by atoms with Gasteiger partial charge in [-0.3, -0.25) is 4.79 Å². The number of nitrogens with one attached hydrogen (secondary N) is 2. The second-order valence-electron chi connectivity index (χ2n) is 5.35. The van der Waals surface area contributed by atoms with Gasteiger partial charge in [-0.15, -0.1) is 0 Å². The Bertz CT molecular complexity index is 767. The maximum atomic E-state index is 13.7. The number of carbonyl (C=O) groups excluding carboxylic acids is 1. The first kappa shape index (κ1) is 17.7. The zero-order valence-electron chi connectivity index (χ0n) is 13.5. The van der Waals surface area contributed by atoms with E-state index in [1.54, 1.807) is 6.92 Å². The molecule has 0 aliphatic rings. The molecule has 0 radical (unpaired) electrons. The van der Waals surface area contributed by atoms with Crippen molar-refractivity contribution in [3.05, 3.63) is 47.0 Å². The van der Waals surface area contributed by atoms with Gasteiger partial charge in [-0.05, 0) is 38.5 Å². The summed E-state index contributed by atoms with van der Waals surface area (Å²) >= 11 is 0. The van der Waals surface area contributed by atoms with Gasteiger partial charge >= 0.3 is 0 Å². The van der Waals surface area contributed by atoms with Crippen molar-refractivity contribution in [2.24, 2.45) is 0 Å². The van der Waals surface area contributed by atoms with Crippen LogP contribution in [0, 0.1) is 24.4 Å². The van der Waals surface area contributed by atoms with E-state index in [1.807, 2.05) is 13.8 Å². The largest absolute Gasteiger partial charge is 0.348 e. The Morgan fingerprint density at radius 3 is 2.58 bits per heavy atom. The molecule has 8 heteroatoms. The molecule has 1 aromatic carbocycles. The lowest BCUT2D eigenvalue weighted by atomic mass is 10.2. The summed E-state index contributed by atoms with van der Waals surface area (Å²) < 4.78 is 39.9. The van der Waals surface area contributed by atoms with Crippen LogP contribution in [0.4, 0.5) is 24.8 Å². The molecule has 2 rings (SSSR count). The molecule has 0 saturated carbocycles. The number of rotatable bonds is 5. The number of aryl methyl sites for hydroxylation is 1. The summed E-state index contributed by atoms with van der Waals surface area (Å²) in [7, 11) is 0. The Morgan fingerprint density at radius 2 is 1.92 bits per heavy atom. The van der Waals surface area contributed by atoms with Gasteiger partial charge in [0.25, 0.3) is 5.91 Å². The maximum absolute atomic E-state index is 13.7. The summed E-state index contributed by atoms with van der Waals surface area (Å²) in [5.41, 5.74) is 0.228. The number of aromatic nitrogens is 2. The van der Waals surface area contributed by atoms with Gasteiger partial charge in [0.15, 0.2) is 17.5 Å². The third kappa shape index (κ3) is 4.01. The molecule has 2 aromatic rings. The maximum Gasteiger partial charge on any atom is 0.270 e. The van der Waals surface area contributed by atoms with Crippen molar-refractivity contribution < 1.29 is 18.0 Å². The Morgan fingerprint density at radius 1 is 1.21 bits per heavy atom. The third-order valence-electron chi connectivity index (χ3n) is 3.36. The summed E-state index contributed by atoms with van der Waals surface area (Å²) in [6, 6.07) is 3.25. The van der Waals surface area contributed by atoms with E-state index in [0.29, 0.717) is 5.69 Å². The Hall–Kier alpha value is -2.64. The second kappa shape index (κ2) is 7.29. The van der Waals surface area contributed by atoms with E-state index in [9.17, 15) is 18.0 Å². The molecule has 0 fully saturated rings. The van der Waals surface area contributed by atoms with E-state index in [0.717, 1.165) is 18.6 Å². The first-order valence-electron chi connectivity index (χ1n) is 7.38. The van der Waals surface area contributed by atoms with Gasteiger partial charge in [-0.25, -0.2) is 23.1 Å². The van der Waals surface area contributed by atoms with E-state index in [4.69, 9.17) is 0 Å². The minimum absolute atomic E-state index is 0.0344. The third-order valence-corrected chi connectivity index (χ3v) is 3.36. The molecule has 5 nitrogen and oxygen atoms in total. The molecule has 0 bridgehead atoms. The van der Waals surface area contributed by atoms with E-state index < -0.39 is 23.4 Å². The van der Waals surface area contributed by atoms with Crippen LogP contribution < -0.4 is 10.6 Å². The van der Waals surface area contributed by atoms with Crippen molar-refractivity contribution in [2.75, 3.05) is 5.32 Å². The molecule has 1 atom stereocenters. The van der Waals surface area contributed by atoms with Gasteiger partial charge < -0.3 is 10.6 Å². The Kier molecular flexibility index (Phi) is 5.38. The number of halogens is 3. The SMILES string of the molecule is CCC(C)NC(=O)c1cc(C)nc(Nc2ccc(F)c(F)c2F)n1. The molecule has 1 unspecified atom stereocenters. The monoisotopic (exact) mass is 338 g/mol. The number of amides is 1. The second-order valence-corrected chi connectivity index (χ2v) is 5.35. The van der Waals surface area contributed by atoms with Gasteiger partial charge in [0.05, 0.1) is 5.69 Å². The molecule has 24 heavy (non-hydrogen) atoms. The van der Waals surface area contributed by atoms with Crippen molar-refractivity contribution in [1.29, 1.82) is 0 Å². The topological polar surface area (TPSA) is 66.9 Å². The smallest absolute Gasteiger partial charge is 0.270 e. The Balaban J connectivity index is 2.29. The van der Waals surface area contributed by atoms with Crippen LogP contribution in [0.1, 0.15) is 36.5 Å². The molecule has 128 valence electrons. The molecule has 0 saturated heterocycles. The van der Waals surface area contributed by atoms with E-state index in [2.05, 4.69) is 20.6 Å². The van der Waals surface area contributed by atoms with Crippen LogP contribution in [-0.4, -0.2) is 21.9 Å². The fourth-order valence-electron chi connectivity index (χ4n) is 1.88. The average molecular weight is 338 g/mol. The van der Waals surface area contributed by atoms with Crippen LogP contribution in [0.2, 0.25) is 0 Å². The summed E-state index contributed by atoms with van der Waals surface area (Å²) in [5, 5.41) is 5.21. The highest BCUT2D eigenvalue weighted by atomic mass is 19.2. The van der Waals surface area contributed by atoms with E-state index in [-0.39, 0.29) is 23.4 Å². The lowest BCUT2D eigenvalue weighted by molar-refractivity contribution is 0.0934. The van der Waals surface area contributed by atoms with Gasteiger partial charge in [0.1, 0.15) is 5.69 Å². The molecular weight excluding hydrogens is 321 g/mol. The summed E-state index contributed by atoms with van der Waals surface area (Å²) in [4.78, 5) is 20.1. The summed E-state index contributed by atoms with van der Waals surface area (Å²) in [6.45, 7) is 5.41. The number of nitrogens with zero attached hydrogens (tertiary/aromatic N) is 2. The molecular formula is C16H17F3N4O. The van der Waals surface area contributed by atoms with Crippen molar-refractivity contribution in [3.8, 4) is 0 Å². The zero-order valence-corrected chi connectivity index (χ0v) is 13.5. The van der Waals surface area contributed by atoms with Gasteiger partial charge in [-0.1, -0.05) is 6.92 Å². The van der Waals surface area contributed by atoms with E-state index in [1.165, 1.54) is 6.07 Å². The number of carbonyl (C=O) groups is 1. The van der Waals surface area contributed by atoms with Gasteiger partial charge in [0.2, 0.25) is 5.95 Å². The highest BCUT2D eigenvalue weighted by Gasteiger charge is 2.16. The number of hydrogen-bond acceptors (Lipinski definition) is 4. The molecule has 0 aliphatic carbocycles. The first-order valence-corrected chi connectivity index (χ1v) is 7.38. The molecule has 1 amide bonds. The number of hydrogen-bond donors (Lipinski definition) is 2. The lowest BCUT2D eigenvalue weighted by Crippen LogP contribution is -2.32. The predicted octanol–water partition coefficient (Wildman–Crippen LogP) is 3.47. The highest BCUT2D eigenvalue weighted by molar-refractivity contribution is 5.92.